The summed E-state index contributed by atoms with van der Waals surface area (Å²) in [5.41, 5.74) is -0.00752. The van der Waals surface area contributed by atoms with Crippen LogP contribution in [0.1, 0.15) is 63.9 Å². The van der Waals surface area contributed by atoms with Crippen LogP contribution in [-0.4, -0.2) is 24.9 Å². The minimum absolute atomic E-state index is 0. The molecule has 6 nitrogen and oxygen atoms in total. The third-order valence-corrected chi connectivity index (χ3v) is 3.86. The van der Waals surface area contributed by atoms with Crippen molar-refractivity contribution in [3.63, 3.8) is 0 Å². The number of aromatic nitrogens is 4. The number of nitrogens with one attached hydrogen (secondary N) is 1. The number of fused-ring (bicyclic) bond motifs is 1. The van der Waals surface area contributed by atoms with Crippen LogP contribution in [0.2, 0.25) is 0 Å². The third kappa shape index (κ3) is 6.16. The first kappa shape index (κ1) is 27.3. The van der Waals surface area contributed by atoms with Gasteiger partial charge in [-0.1, -0.05) is 47.3 Å². The van der Waals surface area contributed by atoms with Crippen LogP contribution >= 0.6 is 0 Å². The molecule has 0 saturated heterocycles. The molecule has 1 unspecified atom stereocenters. The lowest BCUT2D eigenvalue weighted by molar-refractivity contribution is -0.137. The first-order valence-corrected chi connectivity index (χ1v) is 9.46. The van der Waals surface area contributed by atoms with E-state index in [1.54, 1.807) is 13.8 Å². The van der Waals surface area contributed by atoms with Gasteiger partial charge in [0.25, 0.3) is 5.56 Å². The predicted molar refractivity (Wildman–Crippen MR) is 113 cm³/mol. The minimum Gasteiger partial charge on any atom is -0.386 e. The van der Waals surface area contributed by atoms with E-state index in [2.05, 4.69) is 15.1 Å². The molecule has 3 rings (SSSR count). The maximum atomic E-state index is 12.6. The second kappa shape index (κ2) is 11.5. The van der Waals surface area contributed by atoms with E-state index in [0.29, 0.717) is 28.1 Å². The molecule has 9 heteroatoms. The molecule has 0 fully saturated rings. The van der Waals surface area contributed by atoms with Gasteiger partial charge in [-0.05, 0) is 31.5 Å². The van der Waals surface area contributed by atoms with Gasteiger partial charge in [0.1, 0.15) is 11.2 Å². The molecule has 3 aromatic rings. The predicted octanol–water partition coefficient (Wildman–Crippen LogP) is 5.18. The number of aliphatic hydroxyl groups excluding tert-OH is 1. The first-order valence-electron chi connectivity index (χ1n) is 9.46. The van der Waals surface area contributed by atoms with Gasteiger partial charge in [0.15, 0.2) is 5.65 Å². The smallest absolute Gasteiger partial charge is 0.386 e. The number of rotatable bonds is 3. The monoisotopic (exact) mass is 428 g/mol. The van der Waals surface area contributed by atoms with Crippen molar-refractivity contribution in [2.45, 2.75) is 67.8 Å². The SMILES string of the molecule is C.CC.CC.Cc1nc2c(c(C)nn2CC(O)c2ccc(C(F)(F)F)cc2)c(=O)[nH]1. The molecular weight excluding hydrogens is 397 g/mol. The lowest BCUT2D eigenvalue weighted by atomic mass is 10.1. The molecule has 0 aliphatic carbocycles. The number of hydrogen-bond donors (Lipinski definition) is 2. The van der Waals surface area contributed by atoms with E-state index in [-0.39, 0.29) is 19.5 Å². The Morgan fingerprint density at radius 2 is 1.63 bits per heavy atom. The molecule has 2 N–H and O–H groups in total. The Labute approximate surface area is 174 Å². The van der Waals surface area contributed by atoms with E-state index in [0.717, 1.165) is 12.1 Å². The highest BCUT2D eigenvalue weighted by molar-refractivity contribution is 5.76. The molecule has 2 heterocycles. The van der Waals surface area contributed by atoms with E-state index >= 15 is 0 Å². The number of aryl methyl sites for hydroxylation is 2. The van der Waals surface area contributed by atoms with Crippen LogP contribution in [0.25, 0.3) is 11.0 Å². The zero-order chi connectivity index (χ0) is 22.4. The van der Waals surface area contributed by atoms with E-state index in [9.17, 15) is 23.1 Å². The number of aromatic amines is 1. The van der Waals surface area contributed by atoms with E-state index in [4.69, 9.17) is 0 Å². The number of halogens is 3. The van der Waals surface area contributed by atoms with E-state index in [1.165, 1.54) is 16.8 Å². The molecule has 1 atom stereocenters. The highest BCUT2D eigenvalue weighted by Gasteiger charge is 2.30. The van der Waals surface area contributed by atoms with Crippen molar-refractivity contribution in [2.24, 2.45) is 0 Å². The third-order valence-electron chi connectivity index (χ3n) is 3.86. The summed E-state index contributed by atoms with van der Waals surface area (Å²) in [7, 11) is 0. The van der Waals surface area contributed by atoms with Crippen molar-refractivity contribution < 1.29 is 18.3 Å². The number of benzene rings is 1. The second-order valence-electron chi connectivity index (χ2n) is 5.75. The molecule has 0 spiro atoms. The van der Waals surface area contributed by atoms with Crippen LogP contribution in [0.5, 0.6) is 0 Å². The van der Waals surface area contributed by atoms with Crippen molar-refractivity contribution in [1.82, 2.24) is 19.7 Å². The maximum absolute atomic E-state index is 12.6. The fourth-order valence-electron chi connectivity index (χ4n) is 2.65. The lowest BCUT2D eigenvalue weighted by Crippen LogP contribution is -2.14. The van der Waals surface area contributed by atoms with Gasteiger partial charge in [0.05, 0.1) is 23.9 Å². The van der Waals surface area contributed by atoms with Gasteiger partial charge >= 0.3 is 6.18 Å². The fourth-order valence-corrected chi connectivity index (χ4v) is 2.65. The number of alkyl halides is 3. The van der Waals surface area contributed by atoms with Gasteiger partial charge in [0, 0.05) is 0 Å². The highest BCUT2D eigenvalue weighted by atomic mass is 19.4. The highest BCUT2D eigenvalue weighted by Crippen LogP contribution is 2.30. The van der Waals surface area contributed by atoms with Crippen molar-refractivity contribution in [3.05, 3.63) is 57.3 Å². The quantitative estimate of drug-likeness (QED) is 0.602. The lowest BCUT2D eigenvalue weighted by Gasteiger charge is -2.13. The molecule has 168 valence electrons. The molecule has 0 saturated carbocycles. The summed E-state index contributed by atoms with van der Waals surface area (Å²) < 4.78 is 39.2. The maximum Gasteiger partial charge on any atom is 0.416 e. The second-order valence-corrected chi connectivity index (χ2v) is 5.75. The summed E-state index contributed by atoms with van der Waals surface area (Å²) in [6, 6.07) is 4.27. The van der Waals surface area contributed by atoms with Crippen molar-refractivity contribution in [2.75, 3.05) is 0 Å². The summed E-state index contributed by atoms with van der Waals surface area (Å²) in [6.07, 6.45) is -5.52. The Bertz CT molecular complexity index is 977. The molecule has 0 amide bonds. The topological polar surface area (TPSA) is 83.8 Å². The van der Waals surface area contributed by atoms with E-state index < -0.39 is 17.8 Å². The summed E-state index contributed by atoms with van der Waals surface area (Å²) >= 11 is 0. The van der Waals surface area contributed by atoms with Gasteiger partial charge in [-0.15, -0.1) is 0 Å². The largest absolute Gasteiger partial charge is 0.416 e. The first-order chi connectivity index (χ1) is 13.7. The fraction of sp³-hybridized carbons (Fsp3) is 0.476. The van der Waals surface area contributed by atoms with Crippen molar-refractivity contribution in [1.29, 1.82) is 0 Å². The molecule has 30 heavy (non-hydrogen) atoms. The number of aliphatic hydroxyl groups is 1. The van der Waals surface area contributed by atoms with Gasteiger partial charge in [-0.3, -0.25) is 4.79 Å². The Morgan fingerprint density at radius 3 is 2.13 bits per heavy atom. The zero-order valence-electron chi connectivity index (χ0n) is 17.4. The normalized spacial score (nSPS) is 11.5. The van der Waals surface area contributed by atoms with Gasteiger partial charge in [-0.25, -0.2) is 9.67 Å². The summed E-state index contributed by atoms with van der Waals surface area (Å²) in [6.45, 7) is 11.2. The van der Waals surface area contributed by atoms with Crippen molar-refractivity contribution in [3.8, 4) is 0 Å². The molecule has 2 aromatic heterocycles. The summed E-state index contributed by atoms with van der Waals surface area (Å²) in [5.74, 6) is 0.405. The van der Waals surface area contributed by atoms with Crippen LogP contribution < -0.4 is 5.56 Å². The van der Waals surface area contributed by atoms with Crippen LogP contribution in [-0.2, 0) is 12.7 Å². The number of H-pyrrole nitrogens is 1. The van der Waals surface area contributed by atoms with Crippen LogP contribution in [0.3, 0.4) is 0 Å². The number of hydrogen-bond acceptors (Lipinski definition) is 4. The Balaban J connectivity index is 0.00000159. The minimum atomic E-state index is -4.43. The summed E-state index contributed by atoms with van der Waals surface area (Å²) in [4.78, 5) is 18.8. The average Bonchev–Trinajstić information content (AvgIpc) is 2.99. The number of nitrogens with zero attached hydrogens (tertiary/aromatic N) is 3. The average molecular weight is 428 g/mol. The standard InChI is InChI=1S/C16H15F3N4O2.2C2H6.CH4/c1-8-13-14(20-9(2)21-15(13)25)23(22-8)7-12(24)10-3-5-11(6-4-10)16(17,18)19;2*1-2;/h3-6,12,24H,7H2,1-2H3,(H,20,21,25);2*1-2H3;1H4. The van der Waals surface area contributed by atoms with Gasteiger partial charge in [-0.2, -0.15) is 18.3 Å². The summed E-state index contributed by atoms with van der Waals surface area (Å²) in [5, 5.41) is 14.9. The van der Waals surface area contributed by atoms with Gasteiger partial charge < -0.3 is 10.1 Å². The van der Waals surface area contributed by atoms with Crippen molar-refractivity contribution >= 4 is 11.0 Å². The van der Waals surface area contributed by atoms with Gasteiger partial charge in [0.2, 0.25) is 0 Å². The molecule has 0 bridgehead atoms. The van der Waals surface area contributed by atoms with Crippen LogP contribution in [0.15, 0.2) is 29.1 Å². The zero-order valence-corrected chi connectivity index (χ0v) is 17.4. The molecule has 0 aliphatic rings. The molecule has 0 aliphatic heterocycles. The molecule has 0 radical (unpaired) electrons. The molecular formula is C21H31F3N4O2. The Kier molecular flexibility index (Phi) is 10.5. The van der Waals surface area contributed by atoms with Crippen LogP contribution in [0, 0.1) is 13.8 Å². The Hall–Kier alpha value is -2.68. The van der Waals surface area contributed by atoms with Crippen LogP contribution in [0.4, 0.5) is 13.2 Å². The Morgan fingerprint density at radius 1 is 1.10 bits per heavy atom. The molecule has 1 aromatic carbocycles. The van der Waals surface area contributed by atoms with E-state index in [1.807, 2.05) is 27.7 Å².